The van der Waals surface area contributed by atoms with Crippen LogP contribution in [0.3, 0.4) is 0 Å². The topological polar surface area (TPSA) is 29.1 Å². The number of halogens is 1. The molecule has 3 heteroatoms. The number of carbonyl (C=O) groups is 1. The summed E-state index contributed by atoms with van der Waals surface area (Å²) < 4.78 is 1.03. The van der Waals surface area contributed by atoms with Crippen LogP contribution in [0.4, 0.5) is 5.69 Å². The zero-order valence-corrected chi connectivity index (χ0v) is 11.4. The lowest BCUT2D eigenvalue weighted by molar-refractivity contribution is -0.120. The summed E-state index contributed by atoms with van der Waals surface area (Å²) in [6.07, 6.45) is 0.877. The maximum Gasteiger partial charge on any atom is 0.234 e. The summed E-state index contributed by atoms with van der Waals surface area (Å²) in [4.78, 5) is 12.1. The van der Waals surface area contributed by atoms with Crippen molar-refractivity contribution in [2.24, 2.45) is 5.92 Å². The molecule has 1 aliphatic heterocycles. The minimum atomic E-state index is -0.382. The number of nitrogens with one attached hydrogen (secondary N) is 1. The molecule has 0 bridgehead atoms. The highest BCUT2D eigenvalue weighted by atomic mass is 79.9. The molecule has 0 fully saturated rings. The van der Waals surface area contributed by atoms with Gasteiger partial charge < -0.3 is 5.32 Å². The summed E-state index contributed by atoms with van der Waals surface area (Å²) in [5.41, 5.74) is 1.68. The van der Waals surface area contributed by atoms with E-state index in [1.54, 1.807) is 0 Å². The molecule has 2 nitrogen and oxygen atoms in total. The molecule has 0 aliphatic carbocycles. The van der Waals surface area contributed by atoms with E-state index >= 15 is 0 Å². The highest BCUT2D eigenvalue weighted by molar-refractivity contribution is 9.10. The molecule has 1 unspecified atom stereocenters. The average molecular weight is 282 g/mol. The van der Waals surface area contributed by atoms with E-state index in [0.29, 0.717) is 5.92 Å². The van der Waals surface area contributed by atoms with Crippen LogP contribution in [0, 0.1) is 5.92 Å². The Kier molecular flexibility index (Phi) is 2.82. The average Bonchev–Trinajstić information content (AvgIpc) is 2.40. The summed E-state index contributed by atoms with van der Waals surface area (Å²) in [5, 5.41) is 2.96. The Balaban J connectivity index is 2.49. The van der Waals surface area contributed by atoms with Crippen LogP contribution in [0.2, 0.25) is 0 Å². The molecule has 0 saturated carbocycles. The Bertz CT molecular complexity index is 442. The van der Waals surface area contributed by atoms with Crippen LogP contribution < -0.4 is 5.32 Å². The van der Waals surface area contributed by atoms with Crippen LogP contribution in [-0.4, -0.2) is 5.91 Å². The van der Waals surface area contributed by atoms with Crippen LogP contribution in [-0.2, 0) is 10.2 Å². The second-order valence-corrected chi connectivity index (χ2v) is 5.99. The highest BCUT2D eigenvalue weighted by Gasteiger charge is 2.42. The summed E-state index contributed by atoms with van der Waals surface area (Å²) in [5.74, 6) is 0.620. The van der Waals surface area contributed by atoms with Gasteiger partial charge in [-0.3, -0.25) is 4.79 Å². The minimum absolute atomic E-state index is 0.120. The van der Waals surface area contributed by atoms with Crippen molar-refractivity contribution < 1.29 is 4.79 Å². The number of rotatable bonds is 2. The fourth-order valence-electron chi connectivity index (χ4n) is 2.48. The van der Waals surface area contributed by atoms with Gasteiger partial charge in [0.2, 0.25) is 5.91 Å². The molecule has 1 aromatic carbocycles. The van der Waals surface area contributed by atoms with Crippen molar-refractivity contribution in [2.45, 2.75) is 32.6 Å². The Hall–Kier alpha value is -0.830. The Labute approximate surface area is 105 Å². The van der Waals surface area contributed by atoms with E-state index in [4.69, 9.17) is 0 Å². The monoisotopic (exact) mass is 281 g/mol. The van der Waals surface area contributed by atoms with Crippen LogP contribution in [0.15, 0.2) is 22.7 Å². The normalized spacial score (nSPS) is 23.4. The van der Waals surface area contributed by atoms with Crippen molar-refractivity contribution in [3.63, 3.8) is 0 Å². The number of hydrogen-bond donors (Lipinski definition) is 1. The molecular weight excluding hydrogens is 266 g/mol. The van der Waals surface area contributed by atoms with Crippen molar-refractivity contribution in [3.8, 4) is 0 Å². The Morgan fingerprint density at radius 3 is 2.75 bits per heavy atom. The van der Waals surface area contributed by atoms with E-state index in [-0.39, 0.29) is 11.3 Å². The van der Waals surface area contributed by atoms with Crippen LogP contribution in [0.1, 0.15) is 32.8 Å². The number of anilines is 1. The van der Waals surface area contributed by atoms with Gasteiger partial charge >= 0.3 is 0 Å². The zero-order valence-electron chi connectivity index (χ0n) is 9.80. The van der Waals surface area contributed by atoms with Gasteiger partial charge in [0.1, 0.15) is 0 Å². The molecule has 0 aromatic heterocycles. The van der Waals surface area contributed by atoms with Crippen molar-refractivity contribution in [3.05, 3.63) is 28.2 Å². The molecule has 0 spiro atoms. The van der Waals surface area contributed by atoms with Gasteiger partial charge in [-0.1, -0.05) is 29.8 Å². The lowest BCUT2D eigenvalue weighted by Crippen LogP contribution is -2.32. The van der Waals surface area contributed by atoms with Crippen molar-refractivity contribution in [2.75, 3.05) is 5.32 Å². The first-order valence-electron chi connectivity index (χ1n) is 5.55. The maximum absolute atomic E-state index is 12.1. The predicted molar refractivity (Wildman–Crippen MR) is 69.6 cm³/mol. The first-order valence-corrected chi connectivity index (χ1v) is 6.34. The predicted octanol–water partition coefficient (Wildman–Crippen LogP) is 3.71. The van der Waals surface area contributed by atoms with Gasteiger partial charge in [0, 0.05) is 10.2 Å². The van der Waals surface area contributed by atoms with Crippen molar-refractivity contribution >= 4 is 27.5 Å². The van der Waals surface area contributed by atoms with E-state index in [2.05, 4.69) is 41.2 Å². The molecule has 1 amide bonds. The third-order valence-corrected chi connectivity index (χ3v) is 3.64. The maximum atomic E-state index is 12.1. The number of fused-ring (bicyclic) bond motifs is 1. The molecule has 2 rings (SSSR count). The third-order valence-electron chi connectivity index (χ3n) is 3.14. The lowest BCUT2D eigenvalue weighted by Gasteiger charge is -2.24. The molecule has 1 aliphatic rings. The second-order valence-electron chi connectivity index (χ2n) is 5.07. The van der Waals surface area contributed by atoms with Crippen LogP contribution in [0.5, 0.6) is 0 Å². The molecule has 86 valence electrons. The van der Waals surface area contributed by atoms with Gasteiger partial charge in [-0.25, -0.2) is 0 Å². The smallest absolute Gasteiger partial charge is 0.234 e. The minimum Gasteiger partial charge on any atom is -0.325 e. The van der Waals surface area contributed by atoms with Gasteiger partial charge in [-0.15, -0.1) is 0 Å². The van der Waals surface area contributed by atoms with Crippen molar-refractivity contribution in [1.29, 1.82) is 0 Å². The van der Waals surface area contributed by atoms with E-state index in [0.717, 1.165) is 22.1 Å². The number of amides is 1. The third kappa shape index (κ3) is 1.77. The molecule has 16 heavy (non-hydrogen) atoms. The molecular formula is C13H16BrNO. The fourth-order valence-corrected chi connectivity index (χ4v) is 2.84. The van der Waals surface area contributed by atoms with Crippen LogP contribution >= 0.6 is 15.9 Å². The van der Waals surface area contributed by atoms with Gasteiger partial charge in [0.15, 0.2) is 0 Å². The van der Waals surface area contributed by atoms with Gasteiger partial charge in [-0.2, -0.15) is 0 Å². The summed E-state index contributed by atoms with van der Waals surface area (Å²) in [7, 11) is 0. The van der Waals surface area contributed by atoms with E-state index in [9.17, 15) is 4.79 Å². The van der Waals surface area contributed by atoms with Gasteiger partial charge in [0.25, 0.3) is 0 Å². The molecule has 1 N–H and O–H groups in total. The SMILES string of the molecule is CC(C)CC1(C)C(=O)Nc2ccc(Br)cc21. The Morgan fingerprint density at radius 2 is 2.12 bits per heavy atom. The Morgan fingerprint density at radius 1 is 1.44 bits per heavy atom. The van der Waals surface area contributed by atoms with Crippen LogP contribution in [0.25, 0.3) is 0 Å². The zero-order chi connectivity index (χ0) is 11.9. The van der Waals surface area contributed by atoms with E-state index in [1.165, 1.54) is 0 Å². The number of hydrogen-bond acceptors (Lipinski definition) is 1. The van der Waals surface area contributed by atoms with Gasteiger partial charge in [0.05, 0.1) is 5.41 Å². The number of benzene rings is 1. The number of carbonyl (C=O) groups excluding carboxylic acids is 1. The first-order chi connectivity index (χ1) is 7.43. The first kappa shape index (κ1) is 11.6. The quantitative estimate of drug-likeness (QED) is 0.880. The molecule has 1 heterocycles. The molecule has 0 saturated heterocycles. The summed E-state index contributed by atoms with van der Waals surface area (Å²) in [6, 6.07) is 5.97. The highest BCUT2D eigenvalue weighted by Crippen LogP contribution is 2.42. The summed E-state index contributed by atoms with van der Waals surface area (Å²) >= 11 is 3.46. The summed E-state index contributed by atoms with van der Waals surface area (Å²) in [6.45, 7) is 6.32. The molecule has 1 aromatic rings. The van der Waals surface area contributed by atoms with Crippen molar-refractivity contribution in [1.82, 2.24) is 0 Å². The van der Waals surface area contributed by atoms with Gasteiger partial charge in [-0.05, 0) is 43.0 Å². The standard InChI is InChI=1S/C13H16BrNO/c1-8(2)7-13(3)10-6-9(14)4-5-11(10)15-12(13)16/h4-6,8H,7H2,1-3H3,(H,15,16). The van der Waals surface area contributed by atoms with E-state index in [1.807, 2.05) is 19.1 Å². The second kappa shape index (κ2) is 3.88. The fraction of sp³-hybridized carbons (Fsp3) is 0.462. The largest absolute Gasteiger partial charge is 0.325 e. The molecule has 0 radical (unpaired) electrons. The lowest BCUT2D eigenvalue weighted by atomic mass is 9.77. The molecule has 1 atom stereocenters. The van der Waals surface area contributed by atoms with E-state index < -0.39 is 0 Å².